The predicted octanol–water partition coefficient (Wildman–Crippen LogP) is 5.80. The van der Waals surface area contributed by atoms with Crippen LogP contribution in [-0.2, 0) is 14.3 Å². The second-order valence-electron chi connectivity index (χ2n) is 13.0. The Kier molecular flexibility index (Phi) is 12.0. The minimum absolute atomic E-state index is 0.00539. The van der Waals surface area contributed by atoms with Crippen molar-refractivity contribution in [1.29, 1.82) is 0 Å². The van der Waals surface area contributed by atoms with E-state index in [0.29, 0.717) is 68.2 Å². The van der Waals surface area contributed by atoms with Crippen LogP contribution in [0.3, 0.4) is 0 Å². The number of aromatic hydroxyl groups is 1. The Balaban J connectivity index is 1.55. The Morgan fingerprint density at radius 2 is 1.29 bits per heavy atom. The van der Waals surface area contributed by atoms with Crippen molar-refractivity contribution < 1.29 is 62.1 Å². The van der Waals surface area contributed by atoms with Gasteiger partial charge in [-0.3, -0.25) is 4.79 Å². The first-order chi connectivity index (χ1) is 27.2. The molecule has 56 heavy (non-hydrogen) atoms. The third kappa shape index (κ3) is 7.27. The van der Waals surface area contributed by atoms with Crippen LogP contribution >= 0.6 is 0 Å². The molecule has 4 atom stereocenters. The van der Waals surface area contributed by atoms with Crippen LogP contribution in [0, 0.1) is 11.8 Å². The van der Waals surface area contributed by atoms with Gasteiger partial charge in [0, 0.05) is 30.4 Å². The standard InChI is InChI=1S/C42H45NO13/c1-47-20-29-28(19-44)38(24-15-36(51-5)41(54-8)37(16-24)52-6)26-17-32-33(56-21-55-32)18-27(26)39(29)43-42(46)25(11-22-9-10-31(48-2)30(45)12-22)23-13-34(49-3)40(53-7)35(14-23)50-4/h9-19,28-29,38-39,45H,20-21H2,1-8H3,(H,43,46). The van der Waals surface area contributed by atoms with Gasteiger partial charge in [0.15, 0.2) is 46.0 Å². The van der Waals surface area contributed by atoms with E-state index in [1.54, 1.807) is 37.5 Å². The van der Waals surface area contributed by atoms with E-state index in [0.717, 1.165) is 11.8 Å². The third-order valence-electron chi connectivity index (χ3n) is 10.1. The number of phenolic OH excluding ortho intramolecular Hbond substituents is 1. The van der Waals surface area contributed by atoms with Crippen molar-refractivity contribution >= 4 is 23.8 Å². The van der Waals surface area contributed by atoms with Crippen LogP contribution in [0.1, 0.15) is 39.8 Å². The molecule has 4 aromatic rings. The SMILES string of the molecule is COCC1C(NC(=O)C(=Cc2ccc(OC)c(O)c2)c2cc(OC)c(OC)c(OC)c2)c2cc3c(cc2C(c2cc(OC)c(OC)c(OC)c2)C1C=O)OCO3. The summed E-state index contributed by atoms with van der Waals surface area (Å²) in [6.45, 7) is 0.101. The van der Waals surface area contributed by atoms with Gasteiger partial charge in [-0.2, -0.15) is 0 Å². The highest BCUT2D eigenvalue weighted by Gasteiger charge is 2.46. The number of fused-ring (bicyclic) bond motifs is 2. The summed E-state index contributed by atoms with van der Waals surface area (Å²) in [5.74, 6) is 0.939. The fraction of sp³-hybridized carbons (Fsp3) is 0.333. The summed E-state index contributed by atoms with van der Waals surface area (Å²) in [6.07, 6.45) is 2.51. The number of amides is 1. The summed E-state index contributed by atoms with van der Waals surface area (Å²) >= 11 is 0. The molecule has 0 bridgehead atoms. The van der Waals surface area contributed by atoms with Crippen molar-refractivity contribution in [2.45, 2.75) is 12.0 Å². The summed E-state index contributed by atoms with van der Waals surface area (Å²) in [7, 11) is 12.0. The molecular weight excluding hydrogens is 726 g/mol. The highest BCUT2D eigenvalue weighted by atomic mass is 16.7. The van der Waals surface area contributed by atoms with Gasteiger partial charge in [0.25, 0.3) is 5.91 Å². The molecule has 14 nitrogen and oxygen atoms in total. The van der Waals surface area contributed by atoms with Crippen molar-refractivity contribution in [2.24, 2.45) is 11.8 Å². The van der Waals surface area contributed by atoms with Gasteiger partial charge in [-0.15, -0.1) is 0 Å². The van der Waals surface area contributed by atoms with Crippen LogP contribution in [0.2, 0.25) is 0 Å². The molecule has 0 aromatic heterocycles. The maximum Gasteiger partial charge on any atom is 0.252 e. The molecule has 6 rings (SSSR count). The van der Waals surface area contributed by atoms with E-state index in [4.69, 9.17) is 47.4 Å². The molecule has 1 heterocycles. The van der Waals surface area contributed by atoms with Gasteiger partial charge >= 0.3 is 0 Å². The van der Waals surface area contributed by atoms with Gasteiger partial charge in [0.2, 0.25) is 18.3 Å². The number of carbonyl (C=O) groups is 2. The molecule has 14 heteroatoms. The molecule has 4 aromatic carbocycles. The Morgan fingerprint density at radius 1 is 0.732 bits per heavy atom. The van der Waals surface area contributed by atoms with Gasteiger partial charge in [-0.05, 0) is 82.4 Å². The molecule has 4 unspecified atom stereocenters. The topological polar surface area (TPSA) is 159 Å². The lowest BCUT2D eigenvalue weighted by Gasteiger charge is -2.43. The number of phenols is 1. The van der Waals surface area contributed by atoms with Crippen molar-refractivity contribution in [2.75, 3.05) is 70.3 Å². The summed E-state index contributed by atoms with van der Waals surface area (Å²) in [6, 6.07) is 14.6. The normalized spacial score (nSPS) is 18.3. The van der Waals surface area contributed by atoms with Crippen molar-refractivity contribution in [3.8, 4) is 57.5 Å². The van der Waals surface area contributed by atoms with Gasteiger partial charge in [0.05, 0.1) is 62.4 Å². The third-order valence-corrected chi connectivity index (χ3v) is 10.1. The molecule has 2 N–H and O–H groups in total. The molecular formula is C42H45NO13. The molecule has 0 spiro atoms. The number of hydrogen-bond donors (Lipinski definition) is 2. The van der Waals surface area contributed by atoms with Crippen molar-refractivity contribution in [3.05, 3.63) is 82.4 Å². The molecule has 1 aliphatic heterocycles. The maximum atomic E-state index is 14.9. The van der Waals surface area contributed by atoms with Crippen LogP contribution in [0.25, 0.3) is 11.6 Å². The molecule has 1 amide bonds. The average Bonchev–Trinajstić information content (AvgIpc) is 3.69. The number of aldehydes is 1. The quantitative estimate of drug-likeness (QED) is 0.0849. The number of methoxy groups -OCH3 is 8. The Bertz CT molecular complexity index is 2080. The van der Waals surface area contributed by atoms with Crippen molar-refractivity contribution in [3.63, 3.8) is 0 Å². The minimum atomic E-state index is -0.782. The first-order valence-corrected chi connectivity index (χ1v) is 17.6. The number of carbonyl (C=O) groups excluding carboxylic acids is 2. The number of hydrogen-bond acceptors (Lipinski definition) is 13. The summed E-state index contributed by atoms with van der Waals surface area (Å²) < 4.78 is 56.5. The lowest BCUT2D eigenvalue weighted by molar-refractivity contribution is -0.119. The highest BCUT2D eigenvalue weighted by molar-refractivity contribution is 6.24. The van der Waals surface area contributed by atoms with Gasteiger partial charge < -0.3 is 62.6 Å². The Hall–Kier alpha value is -6.28. The zero-order chi connectivity index (χ0) is 40.1. The fourth-order valence-electron chi connectivity index (χ4n) is 7.57. The number of nitrogens with one attached hydrogen (secondary N) is 1. The Labute approximate surface area is 324 Å². The van der Waals surface area contributed by atoms with Crippen molar-refractivity contribution in [1.82, 2.24) is 5.32 Å². The summed E-state index contributed by atoms with van der Waals surface area (Å²) in [5.41, 5.74) is 3.21. The average molecular weight is 772 g/mol. The highest BCUT2D eigenvalue weighted by Crippen LogP contribution is 2.53. The van der Waals surface area contributed by atoms with Crippen LogP contribution < -0.4 is 47.9 Å². The van der Waals surface area contributed by atoms with Gasteiger partial charge in [-0.25, -0.2) is 0 Å². The Morgan fingerprint density at radius 3 is 1.79 bits per heavy atom. The van der Waals surface area contributed by atoms with E-state index in [1.807, 2.05) is 24.3 Å². The first kappa shape index (κ1) is 39.4. The minimum Gasteiger partial charge on any atom is -0.504 e. The van der Waals surface area contributed by atoms with Gasteiger partial charge in [0.1, 0.15) is 6.29 Å². The number of ether oxygens (including phenoxy) is 10. The van der Waals surface area contributed by atoms with Crippen LogP contribution in [0.4, 0.5) is 0 Å². The van der Waals surface area contributed by atoms with Crippen LogP contribution in [0.15, 0.2) is 54.6 Å². The second kappa shape index (κ2) is 17.0. The van der Waals surface area contributed by atoms with E-state index < -0.39 is 29.7 Å². The lowest BCUT2D eigenvalue weighted by Crippen LogP contribution is -2.45. The predicted molar refractivity (Wildman–Crippen MR) is 205 cm³/mol. The lowest BCUT2D eigenvalue weighted by atomic mass is 9.64. The smallest absolute Gasteiger partial charge is 0.252 e. The molecule has 0 saturated heterocycles. The van der Waals surface area contributed by atoms with E-state index in [2.05, 4.69) is 5.32 Å². The molecule has 296 valence electrons. The molecule has 2 aliphatic rings. The monoisotopic (exact) mass is 771 g/mol. The summed E-state index contributed by atoms with van der Waals surface area (Å²) in [4.78, 5) is 28.4. The van der Waals surface area contributed by atoms with E-state index in [9.17, 15) is 14.7 Å². The van der Waals surface area contributed by atoms with Gasteiger partial charge in [-0.1, -0.05) is 6.07 Å². The first-order valence-electron chi connectivity index (χ1n) is 17.6. The molecule has 0 radical (unpaired) electrons. The van der Waals surface area contributed by atoms with Crippen LogP contribution in [-0.4, -0.2) is 87.6 Å². The number of benzene rings is 4. The fourth-order valence-corrected chi connectivity index (χ4v) is 7.57. The zero-order valence-corrected chi connectivity index (χ0v) is 32.4. The molecule has 0 fully saturated rings. The largest absolute Gasteiger partial charge is 0.504 e. The van der Waals surface area contributed by atoms with Crippen LogP contribution in [0.5, 0.6) is 57.5 Å². The van der Waals surface area contributed by atoms with E-state index >= 15 is 0 Å². The van der Waals surface area contributed by atoms with E-state index in [-0.39, 0.29) is 30.5 Å². The molecule has 1 aliphatic carbocycles. The van der Waals surface area contributed by atoms with E-state index in [1.165, 1.54) is 55.8 Å². The zero-order valence-electron chi connectivity index (χ0n) is 32.4. The second-order valence-corrected chi connectivity index (χ2v) is 13.0. The number of rotatable bonds is 15. The summed E-state index contributed by atoms with van der Waals surface area (Å²) in [5, 5.41) is 13.9. The maximum absolute atomic E-state index is 14.9. The molecule has 0 saturated carbocycles.